The van der Waals surface area contributed by atoms with Gasteiger partial charge in [0.2, 0.25) is 0 Å². The number of hydrogen-bond acceptors (Lipinski definition) is 1. The Labute approximate surface area is 95.4 Å². The third-order valence-electron chi connectivity index (χ3n) is 2.84. The quantitative estimate of drug-likeness (QED) is 0.736. The molecule has 0 amide bonds. The minimum Gasteiger partial charge on any atom is -0.346 e. The fourth-order valence-electron chi connectivity index (χ4n) is 2.19. The van der Waals surface area contributed by atoms with E-state index < -0.39 is 0 Å². The first-order valence-corrected chi connectivity index (χ1v) is 6.23. The van der Waals surface area contributed by atoms with E-state index in [1.807, 2.05) is 11.3 Å². The van der Waals surface area contributed by atoms with Gasteiger partial charge in [-0.2, -0.15) is 0 Å². The Kier molecular flexibility index (Phi) is 2.96. The van der Waals surface area contributed by atoms with E-state index in [9.17, 15) is 0 Å². The molecule has 0 aliphatic heterocycles. The molecule has 0 saturated heterocycles. The summed E-state index contributed by atoms with van der Waals surface area (Å²) in [6, 6.07) is 9.29. The highest BCUT2D eigenvalue weighted by atomic mass is 32.1. The number of nitrogens with zero attached hydrogens (tertiary/aromatic N) is 1. The van der Waals surface area contributed by atoms with Crippen molar-refractivity contribution in [2.24, 2.45) is 0 Å². The van der Waals surface area contributed by atoms with Crippen LogP contribution in [0, 0.1) is 13.8 Å². The van der Waals surface area contributed by atoms with Crippen molar-refractivity contribution >= 4 is 11.3 Å². The van der Waals surface area contributed by atoms with Crippen LogP contribution >= 0.6 is 11.3 Å². The smallest absolute Gasteiger partial charge is 0.0355 e. The third-order valence-corrected chi connectivity index (χ3v) is 3.74. The molecule has 0 saturated carbocycles. The molecule has 2 aromatic rings. The molecule has 0 aromatic carbocycles. The predicted octanol–water partition coefficient (Wildman–Crippen LogP) is 3.97. The first-order valence-electron chi connectivity index (χ1n) is 5.35. The van der Waals surface area contributed by atoms with Gasteiger partial charge in [-0.15, -0.1) is 11.3 Å². The standard InChI is InChI=1S/C13H17NS/c1-10-6-7-11(2)14(10)12(3)9-13-5-4-8-15-13/h4-8,12H,9H2,1-3H3. The van der Waals surface area contributed by atoms with Crippen LogP contribution in [0.15, 0.2) is 29.6 Å². The molecule has 0 bridgehead atoms. The fourth-order valence-corrected chi connectivity index (χ4v) is 3.01. The van der Waals surface area contributed by atoms with E-state index in [0.717, 1.165) is 6.42 Å². The first-order chi connectivity index (χ1) is 7.18. The van der Waals surface area contributed by atoms with Crippen molar-refractivity contribution in [1.29, 1.82) is 0 Å². The van der Waals surface area contributed by atoms with E-state index in [0.29, 0.717) is 6.04 Å². The lowest BCUT2D eigenvalue weighted by atomic mass is 10.2. The topological polar surface area (TPSA) is 4.93 Å². The van der Waals surface area contributed by atoms with Gasteiger partial charge in [-0.25, -0.2) is 0 Å². The average molecular weight is 219 g/mol. The maximum Gasteiger partial charge on any atom is 0.0355 e. The van der Waals surface area contributed by atoms with Gasteiger partial charge < -0.3 is 4.57 Å². The van der Waals surface area contributed by atoms with Crippen LogP contribution in [0.25, 0.3) is 0 Å². The summed E-state index contributed by atoms with van der Waals surface area (Å²) in [6.45, 7) is 6.65. The molecule has 1 atom stereocenters. The Balaban J connectivity index is 2.18. The summed E-state index contributed by atoms with van der Waals surface area (Å²) < 4.78 is 2.42. The highest BCUT2D eigenvalue weighted by Crippen LogP contribution is 2.21. The molecule has 0 spiro atoms. The zero-order valence-electron chi connectivity index (χ0n) is 9.53. The Morgan fingerprint density at radius 3 is 2.40 bits per heavy atom. The number of aryl methyl sites for hydroxylation is 2. The SMILES string of the molecule is Cc1ccc(C)n1C(C)Cc1cccs1. The van der Waals surface area contributed by atoms with Crippen LogP contribution in [0.2, 0.25) is 0 Å². The number of aromatic nitrogens is 1. The molecule has 1 nitrogen and oxygen atoms in total. The molecular weight excluding hydrogens is 202 g/mol. The summed E-state index contributed by atoms with van der Waals surface area (Å²) >= 11 is 1.85. The monoisotopic (exact) mass is 219 g/mol. The van der Waals surface area contributed by atoms with E-state index in [-0.39, 0.29) is 0 Å². The molecule has 0 aliphatic carbocycles. The summed E-state index contributed by atoms with van der Waals surface area (Å²) in [4.78, 5) is 1.47. The maximum absolute atomic E-state index is 2.42. The van der Waals surface area contributed by atoms with Crippen molar-refractivity contribution in [2.45, 2.75) is 33.2 Å². The second kappa shape index (κ2) is 4.23. The van der Waals surface area contributed by atoms with Gasteiger partial charge in [0.25, 0.3) is 0 Å². The third kappa shape index (κ3) is 2.15. The minimum absolute atomic E-state index is 0.554. The van der Waals surface area contributed by atoms with Crippen molar-refractivity contribution < 1.29 is 0 Å². The molecule has 80 valence electrons. The average Bonchev–Trinajstić information content (AvgIpc) is 2.77. The van der Waals surface area contributed by atoms with Gasteiger partial charge in [-0.05, 0) is 44.4 Å². The predicted molar refractivity (Wildman–Crippen MR) is 66.6 cm³/mol. The molecule has 0 radical (unpaired) electrons. The Morgan fingerprint density at radius 1 is 1.20 bits per heavy atom. The summed E-state index contributed by atoms with van der Waals surface area (Å²) in [5.41, 5.74) is 2.72. The van der Waals surface area contributed by atoms with Gasteiger partial charge in [-0.3, -0.25) is 0 Å². The lowest BCUT2D eigenvalue weighted by Crippen LogP contribution is -2.10. The van der Waals surface area contributed by atoms with Crippen molar-refractivity contribution in [1.82, 2.24) is 4.57 Å². The highest BCUT2D eigenvalue weighted by molar-refractivity contribution is 7.09. The molecule has 0 fully saturated rings. The zero-order chi connectivity index (χ0) is 10.8. The molecule has 2 rings (SSSR count). The Hall–Kier alpha value is -1.02. The van der Waals surface area contributed by atoms with E-state index in [1.165, 1.54) is 16.3 Å². The molecule has 2 heterocycles. The van der Waals surface area contributed by atoms with Gasteiger partial charge >= 0.3 is 0 Å². The molecular formula is C13H17NS. The van der Waals surface area contributed by atoms with E-state index in [4.69, 9.17) is 0 Å². The number of thiophene rings is 1. The van der Waals surface area contributed by atoms with Gasteiger partial charge in [0, 0.05) is 28.7 Å². The molecule has 1 unspecified atom stereocenters. The van der Waals surface area contributed by atoms with E-state index in [1.54, 1.807) is 0 Å². The molecule has 0 aliphatic rings. The van der Waals surface area contributed by atoms with E-state index in [2.05, 4.69) is 55.0 Å². The lowest BCUT2D eigenvalue weighted by molar-refractivity contribution is 0.528. The number of rotatable bonds is 3. The van der Waals surface area contributed by atoms with Gasteiger partial charge in [-0.1, -0.05) is 6.07 Å². The summed E-state index contributed by atoms with van der Waals surface area (Å²) in [5, 5.41) is 2.15. The van der Waals surface area contributed by atoms with Crippen molar-refractivity contribution in [3.63, 3.8) is 0 Å². The molecule has 2 heteroatoms. The largest absolute Gasteiger partial charge is 0.346 e. The van der Waals surface area contributed by atoms with Crippen molar-refractivity contribution in [3.05, 3.63) is 45.9 Å². The Morgan fingerprint density at radius 2 is 1.87 bits per heavy atom. The summed E-state index contributed by atoms with van der Waals surface area (Å²) in [6.07, 6.45) is 1.13. The zero-order valence-corrected chi connectivity index (χ0v) is 10.3. The van der Waals surface area contributed by atoms with E-state index >= 15 is 0 Å². The first kappa shape index (κ1) is 10.5. The second-order valence-corrected chi connectivity index (χ2v) is 5.15. The lowest BCUT2D eigenvalue weighted by Gasteiger charge is -2.17. The summed E-state index contributed by atoms with van der Waals surface area (Å²) in [7, 11) is 0. The van der Waals surface area contributed by atoms with Crippen molar-refractivity contribution in [2.75, 3.05) is 0 Å². The number of hydrogen-bond donors (Lipinski definition) is 0. The van der Waals surface area contributed by atoms with Crippen molar-refractivity contribution in [3.8, 4) is 0 Å². The van der Waals surface area contributed by atoms with Crippen LogP contribution in [0.3, 0.4) is 0 Å². The molecule has 2 aromatic heterocycles. The minimum atomic E-state index is 0.554. The van der Waals surface area contributed by atoms with Crippen LogP contribution in [0.4, 0.5) is 0 Å². The van der Waals surface area contributed by atoms with Gasteiger partial charge in [0.05, 0.1) is 0 Å². The highest BCUT2D eigenvalue weighted by Gasteiger charge is 2.10. The van der Waals surface area contributed by atoms with Gasteiger partial charge in [0.1, 0.15) is 0 Å². The summed E-state index contributed by atoms with van der Waals surface area (Å²) in [5.74, 6) is 0. The van der Waals surface area contributed by atoms with Crippen LogP contribution in [0.5, 0.6) is 0 Å². The van der Waals surface area contributed by atoms with Crippen LogP contribution < -0.4 is 0 Å². The maximum atomic E-state index is 2.42. The van der Waals surface area contributed by atoms with Crippen LogP contribution in [0.1, 0.15) is 29.2 Å². The molecule has 15 heavy (non-hydrogen) atoms. The van der Waals surface area contributed by atoms with Gasteiger partial charge in [0.15, 0.2) is 0 Å². The normalized spacial score (nSPS) is 13.0. The van der Waals surface area contributed by atoms with Crippen LogP contribution in [-0.4, -0.2) is 4.57 Å². The van der Waals surface area contributed by atoms with Crippen LogP contribution in [-0.2, 0) is 6.42 Å². The second-order valence-electron chi connectivity index (χ2n) is 4.12. The molecule has 0 N–H and O–H groups in total. The fraction of sp³-hybridized carbons (Fsp3) is 0.385. The Bertz CT molecular complexity index is 406.